The first-order valence-electron chi connectivity index (χ1n) is 9.54. The van der Waals surface area contributed by atoms with Crippen molar-refractivity contribution in [3.05, 3.63) is 68.2 Å². The molecule has 0 aliphatic rings. The number of rotatable bonds is 8. The Labute approximate surface area is 212 Å². The molecule has 0 unspecified atom stereocenters. The Hall–Kier alpha value is -3.92. The van der Waals surface area contributed by atoms with Crippen LogP contribution in [-0.4, -0.2) is 44.5 Å². The highest BCUT2D eigenvalue weighted by Crippen LogP contribution is 2.36. The molecule has 0 atom stereocenters. The number of nitro benzene ring substituents is 1. The van der Waals surface area contributed by atoms with Crippen LogP contribution in [0, 0.1) is 10.1 Å². The zero-order chi connectivity index (χ0) is 27.4. The Morgan fingerprint density at radius 1 is 0.973 bits per heavy atom. The van der Waals surface area contributed by atoms with Gasteiger partial charge in [0.1, 0.15) is 0 Å². The minimum absolute atomic E-state index is 0.105. The monoisotopic (exact) mass is 569 g/mol. The average molecular weight is 570 g/mol. The molecule has 37 heavy (non-hydrogen) atoms. The minimum atomic E-state index is -5.84. The van der Waals surface area contributed by atoms with E-state index in [9.17, 15) is 36.5 Å². The fourth-order valence-corrected chi connectivity index (χ4v) is 2.96. The van der Waals surface area contributed by atoms with Crippen LogP contribution in [0.5, 0.6) is 6.01 Å². The molecule has 0 saturated heterocycles. The Morgan fingerprint density at radius 3 is 2.16 bits per heavy atom. The van der Waals surface area contributed by atoms with Gasteiger partial charge in [-0.15, -0.1) is 0 Å². The number of nitrogens with one attached hydrogen (secondary N) is 2. The fourth-order valence-electron chi connectivity index (χ4n) is 2.50. The first kappa shape index (κ1) is 27.7. The Morgan fingerprint density at radius 2 is 1.59 bits per heavy atom. The lowest BCUT2D eigenvalue weighted by Crippen LogP contribution is -2.46. The molecule has 3 aromatic rings. The van der Waals surface area contributed by atoms with Crippen molar-refractivity contribution in [2.24, 2.45) is 5.10 Å². The summed E-state index contributed by atoms with van der Waals surface area (Å²) < 4.78 is 81.8. The second kappa shape index (κ2) is 11.0. The molecule has 10 nitrogen and oxygen atoms in total. The van der Waals surface area contributed by atoms with Crippen LogP contribution in [0.3, 0.4) is 0 Å². The summed E-state index contributed by atoms with van der Waals surface area (Å²) in [6.45, 7) is 0. The standard InChI is InChI=1S/C19H11Cl2F6N7O3/c20-10-2-1-9(13(21)7-10)8-28-33-16-30-15(29-11-3-5-12(6-4-11)34(35)36)31-17(32-16)37-14(18(22,23)24)19(25,26)27/h1-8,14H,(H2,29,30,31,32,33)/b28-8+. The third-order valence-corrected chi connectivity index (χ3v) is 4.66. The number of benzene rings is 2. The SMILES string of the molecule is O=[N+]([O-])c1ccc(Nc2nc(N/N=C/c3ccc(Cl)cc3Cl)nc(OC(C(F)(F)F)C(F)(F)F)n2)cc1. The van der Waals surface area contributed by atoms with Gasteiger partial charge in [-0.25, -0.2) is 5.43 Å². The topological polar surface area (TPSA) is 127 Å². The van der Waals surface area contributed by atoms with Crippen LogP contribution >= 0.6 is 23.2 Å². The number of nitrogens with zero attached hydrogens (tertiary/aromatic N) is 5. The van der Waals surface area contributed by atoms with Crippen molar-refractivity contribution in [3.8, 4) is 6.01 Å². The summed E-state index contributed by atoms with van der Waals surface area (Å²) in [7, 11) is 0. The van der Waals surface area contributed by atoms with Crippen LogP contribution in [0.1, 0.15) is 5.56 Å². The maximum absolute atomic E-state index is 13.0. The largest absolute Gasteiger partial charge is 0.440 e. The molecule has 0 spiro atoms. The first-order valence-corrected chi connectivity index (χ1v) is 10.3. The Kier molecular flexibility index (Phi) is 8.22. The van der Waals surface area contributed by atoms with Gasteiger partial charge in [0, 0.05) is 28.4 Å². The smallest absolute Gasteiger partial charge is 0.434 e. The van der Waals surface area contributed by atoms with Crippen molar-refractivity contribution in [2.45, 2.75) is 18.5 Å². The van der Waals surface area contributed by atoms with Gasteiger partial charge in [0.25, 0.3) is 17.7 Å². The van der Waals surface area contributed by atoms with Crippen LogP contribution < -0.4 is 15.5 Å². The van der Waals surface area contributed by atoms with Crippen LogP contribution in [0.25, 0.3) is 0 Å². The van der Waals surface area contributed by atoms with Gasteiger partial charge >= 0.3 is 18.4 Å². The molecule has 1 heterocycles. The number of anilines is 3. The summed E-state index contributed by atoms with van der Waals surface area (Å²) in [5, 5.41) is 17.5. The molecule has 0 saturated carbocycles. The molecule has 0 aliphatic heterocycles. The van der Waals surface area contributed by atoms with E-state index in [1.165, 1.54) is 30.3 Å². The maximum atomic E-state index is 13.0. The third kappa shape index (κ3) is 7.78. The summed E-state index contributed by atoms with van der Waals surface area (Å²) in [5.41, 5.74) is 2.40. The van der Waals surface area contributed by atoms with Gasteiger partial charge < -0.3 is 10.1 Å². The number of hydrogen-bond donors (Lipinski definition) is 2. The normalized spacial score (nSPS) is 12.1. The lowest BCUT2D eigenvalue weighted by Gasteiger charge is -2.22. The highest BCUT2D eigenvalue weighted by Gasteiger charge is 2.59. The fraction of sp³-hybridized carbons (Fsp3) is 0.158. The second-order valence-electron chi connectivity index (χ2n) is 6.81. The van der Waals surface area contributed by atoms with E-state index in [0.29, 0.717) is 10.6 Å². The lowest BCUT2D eigenvalue weighted by atomic mass is 10.2. The first-order chi connectivity index (χ1) is 17.2. The van der Waals surface area contributed by atoms with Crippen molar-refractivity contribution >= 4 is 52.7 Å². The number of hydrogen-bond acceptors (Lipinski definition) is 9. The molecule has 1 aromatic heterocycles. The van der Waals surface area contributed by atoms with Crippen molar-refractivity contribution < 1.29 is 36.0 Å². The third-order valence-electron chi connectivity index (χ3n) is 4.10. The number of alkyl halides is 6. The van der Waals surface area contributed by atoms with E-state index in [1.54, 1.807) is 0 Å². The molecular weight excluding hydrogens is 559 g/mol. The van der Waals surface area contributed by atoms with Crippen molar-refractivity contribution in [1.29, 1.82) is 0 Å². The summed E-state index contributed by atoms with van der Waals surface area (Å²) in [5.74, 6) is -1.18. The zero-order valence-corrected chi connectivity index (χ0v) is 19.2. The van der Waals surface area contributed by atoms with E-state index in [1.807, 2.05) is 0 Å². The van der Waals surface area contributed by atoms with E-state index in [4.69, 9.17) is 23.2 Å². The van der Waals surface area contributed by atoms with Crippen molar-refractivity contribution in [1.82, 2.24) is 15.0 Å². The molecule has 196 valence electrons. The van der Waals surface area contributed by atoms with Crippen LogP contribution in [0.15, 0.2) is 47.6 Å². The molecule has 3 rings (SSSR count). The van der Waals surface area contributed by atoms with Crippen molar-refractivity contribution in [3.63, 3.8) is 0 Å². The summed E-state index contributed by atoms with van der Waals surface area (Å²) in [4.78, 5) is 20.7. The predicted octanol–water partition coefficient (Wildman–Crippen LogP) is 6.15. The van der Waals surface area contributed by atoms with Crippen LogP contribution in [-0.2, 0) is 0 Å². The van der Waals surface area contributed by atoms with E-state index in [2.05, 4.69) is 35.5 Å². The number of hydrazone groups is 1. The molecule has 0 radical (unpaired) electrons. The second-order valence-corrected chi connectivity index (χ2v) is 7.65. The van der Waals surface area contributed by atoms with E-state index >= 15 is 0 Å². The summed E-state index contributed by atoms with van der Waals surface area (Å²) in [6.07, 6.45) is -14.8. The van der Waals surface area contributed by atoms with Gasteiger partial charge in [0.15, 0.2) is 0 Å². The van der Waals surface area contributed by atoms with Crippen LogP contribution in [0.4, 0.5) is 49.6 Å². The van der Waals surface area contributed by atoms with Gasteiger partial charge in [-0.3, -0.25) is 10.1 Å². The number of halogens is 8. The predicted molar refractivity (Wildman–Crippen MR) is 120 cm³/mol. The Bertz CT molecular complexity index is 1290. The maximum Gasteiger partial charge on any atom is 0.434 e. The summed E-state index contributed by atoms with van der Waals surface area (Å²) in [6, 6.07) is 7.60. The van der Waals surface area contributed by atoms with E-state index < -0.39 is 41.3 Å². The zero-order valence-electron chi connectivity index (χ0n) is 17.7. The molecule has 2 aromatic carbocycles. The molecular formula is C19H11Cl2F6N7O3. The summed E-state index contributed by atoms with van der Waals surface area (Å²) >= 11 is 11.8. The number of non-ortho nitro benzene ring substituents is 1. The van der Waals surface area contributed by atoms with Gasteiger partial charge in [-0.05, 0) is 24.3 Å². The van der Waals surface area contributed by atoms with Gasteiger partial charge in [0.05, 0.1) is 16.2 Å². The van der Waals surface area contributed by atoms with Gasteiger partial charge in [0.2, 0.25) is 5.95 Å². The van der Waals surface area contributed by atoms with Crippen molar-refractivity contribution in [2.75, 3.05) is 10.7 Å². The van der Waals surface area contributed by atoms with E-state index in [0.717, 1.165) is 18.3 Å². The van der Waals surface area contributed by atoms with Gasteiger partial charge in [-0.1, -0.05) is 29.3 Å². The molecule has 0 bridgehead atoms. The Balaban J connectivity index is 1.93. The molecule has 0 fully saturated rings. The molecule has 2 N–H and O–H groups in total. The van der Waals surface area contributed by atoms with Crippen LogP contribution in [0.2, 0.25) is 10.0 Å². The minimum Gasteiger partial charge on any atom is -0.440 e. The highest BCUT2D eigenvalue weighted by atomic mass is 35.5. The molecule has 0 aliphatic carbocycles. The number of ether oxygens (including phenoxy) is 1. The molecule has 0 amide bonds. The molecule has 18 heteroatoms. The van der Waals surface area contributed by atoms with Gasteiger partial charge in [-0.2, -0.15) is 46.4 Å². The number of nitro groups is 1. The lowest BCUT2D eigenvalue weighted by molar-refractivity contribution is -0.384. The number of aromatic nitrogens is 3. The van der Waals surface area contributed by atoms with E-state index in [-0.39, 0.29) is 16.4 Å². The quantitative estimate of drug-likeness (QED) is 0.143. The average Bonchev–Trinajstić information content (AvgIpc) is 2.78. The highest BCUT2D eigenvalue weighted by molar-refractivity contribution is 6.36.